The molecule has 21 heavy (non-hydrogen) atoms. The van der Waals surface area contributed by atoms with E-state index in [0.29, 0.717) is 23.8 Å². The Labute approximate surface area is 124 Å². The minimum atomic E-state index is -0.120. The lowest BCUT2D eigenvalue weighted by Crippen LogP contribution is -2.29. The lowest BCUT2D eigenvalue weighted by atomic mass is 10.1. The molecule has 2 aromatic rings. The minimum Gasteiger partial charge on any atom is -0.399 e. The Morgan fingerprint density at radius 2 is 2.29 bits per heavy atom. The number of anilines is 1. The van der Waals surface area contributed by atoms with E-state index in [4.69, 9.17) is 5.73 Å². The number of amides is 1. The quantitative estimate of drug-likeness (QED) is 0.827. The fourth-order valence-electron chi connectivity index (χ4n) is 2.43. The van der Waals surface area contributed by atoms with E-state index in [9.17, 15) is 4.79 Å². The fourth-order valence-corrected chi connectivity index (χ4v) is 2.43. The third-order valence-electron chi connectivity index (χ3n) is 3.97. The molecule has 1 aliphatic carbocycles. The van der Waals surface area contributed by atoms with E-state index in [-0.39, 0.29) is 5.91 Å². The summed E-state index contributed by atoms with van der Waals surface area (Å²) in [4.78, 5) is 12.1. The summed E-state index contributed by atoms with van der Waals surface area (Å²) < 4.78 is 1.66. The molecule has 0 radical (unpaired) electrons. The zero-order chi connectivity index (χ0) is 14.8. The Morgan fingerprint density at radius 3 is 3.00 bits per heavy atom. The van der Waals surface area contributed by atoms with Gasteiger partial charge in [0.15, 0.2) is 5.69 Å². The van der Waals surface area contributed by atoms with Crippen molar-refractivity contribution >= 4 is 11.6 Å². The van der Waals surface area contributed by atoms with Crippen LogP contribution >= 0.6 is 0 Å². The van der Waals surface area contributed by atoms with Crippen molar-refractivity contribution in [3.8, 4) is 5.69 Å². The summed E-state index contributed by atoms with van der Waals surface area (Å²) >= 11 is 0. The molecular formula is C16H20N4O. The number of carbonyl (C=O) groups excluding carboxylic acids is 1. The van der Waals surface area contributed by atoms with Crippen molar-refractivity contribution in [1.82, 2.24) is 15.1 Å². The first-order valence-corrected chi connectivity index (χ1v) is 7.33. The van der Waals surface area contributed by atoms with Crippen LogP contribution in [0.15, 0.2) is 36.5 Å². The second kappa shape index (κ2) is 5.60. The van der Waals surface area contributed by atoms with Gasteiger partial charge in [-0.05, 0) is 48.9 Å². The van der Waals surface area contributed by atoms with Crippen molar-refractivity contribution in [2.45, 2.75) is 19.8 Å². The van der Waals surface area contributed by atoms with Crippen molar-refractivity contribution in [1.29, 1.82) is 0 Å². The van der Waals surface area contributed by atoms with E-state index >= 15 is 0 Å². The standard InChI is InChI=1S/C16H20N4O/c1-11(12-5-6-12)10-18-16(21)15-7-8-20(19-15)14-4-2-3-13(17)9-14/h2-4,7-9,11-12H,5-6,10,17H2,1H3,(H,18,21). The number of rotatable bonds is 5. The van der Waals surface area contributed by atoms with Gasteiger partial charge in [-0.15, -0.1) is 0 Å². The fraction of sp³-hybridized carbons (Fsp3) is 0.375. The van der Waals surface area contributed by atoms with Crippen LogP contribution < -0.4 is 11.1 Å². The van der Waals surface area contributed by atoms with Crippen molar-refractivity contribution in [3.63, 3.8) is 0 Å². The first-order chi connectivity index (χ1) is 10.1. The molecule has 1 heterocycles. The third kappa shape index (κ3) is 3.24. The highest BCUT2D eigenvalue weighted by Gasteiger charge is 2.28. The Balaban J connectivity index is 1.65. The maximum absolute atomic E-state index is 12.1. The molecule has 110 valence electrons. The van der Waals surface area contributed by atoms with E-state index in [2.05, 4.69) is 17.3 Å². The molecule has 5 heteroatoms. The van der Waals surface area contributed by atoms with Crippen LogP contribution in [-0.2, 0) is 0 Å². The first kappa shape index (κ1) is 13.7. The number of nitrogen functional groups attached to an aromatic ring is 1. The summed E-state index contributed by atoms with van der Waals surface area (Å²) in [5.74, 6) is 1.21. The number of hydrogen-bond acceptors (Lipinski definition) is 3. The van der Waals surface area contributed by atoms with Crippen LogP contribution in [0.3, 0.4) is 0 Å². The van der Waals surface area contributed by atoms with Crippen molar-refractivity contribution in [3.05, 3.63) is 42.2 Å². The van der Waals surface area contributed by atoms with Crippen molar-refractivity contribution in [2.24, 2.45) is 11.8 Å². The number of carbonyl (C=O) groups is 1. The first-order valence-electron chi connectivity index (χ1n) is 7.33. The van der Waals surface area contributed by atoms with E-state index in [0.717, 1.165) is 11.6 Å². The molecule has 1 atom stereocenters. The monoisotopic (exact) mass is 284 g/mol. The second-order valence-electron chi connectivity index (χ2n) is 5.77. The van der Waals surface area contributed by atoms with Gasteiger partial charge in [-0.3, -0.25) is 4.79 Å². The molecule has 0 spiro atoms. The van der Waals surface area contributed by atoms with Gasteiger partial charge in [0, 0.05) is 18.4 Å². The summed E-state index contributed by atoms with van der Waals surface area (Å²) in [6.07, 6.45) is 4.36. The van der Waals surface area contributed by atoms with Crippen LogP contribution in [0, 0.1) is 11.8 Å². The number of nitrogens with zero attached hydrogens (tertiary/aromatic N) is 2. The molecule has 1 saturated carbocycles. The topological polar surface area (TPSA) is 72.9 Å². The van der Waals surface area contributed by atoms with Crippen LogP contribution in [0.2, 0.25) is 0 Å². The molecule has 1 amide bonds. The lowest BCUT2D eigenvalue weighted by Gasteiger charge is -2.10. The van der Waals surface area contributed by atoms with Gasteiger partial charge in [0.2, 0.25) is 0 Å². The molecule has 3 N–H and O–H groups in total. The second-order valence-corrected chi connectivity index (χ2v) is 5.77. The molecule has 3 rings (SSSR count). The Hall–Kier alpha value is -2.30. The predicted molar refractivity (Wildman–Crippen MR) is 82.2 cm³/mol. The van der Waals surface area contributed by atoms with E-state index in [1.54, 1.807) is 16.9 Å². The van der Waals surface area contributed by atoms with Gasteiger partial charge in [0.1, 0.15) is 0 Å². The average molecular weight is 284 g/mol. The van der Waals surface area contributed by atoms with Gasteiger partial charge in [-0.25, -0.2) is 4.68 Å². The van der Waals surface area contributed by atoms with Crippen LogP contribution in [0.4, 0.5) is 5.69 Å². The highest BCUT2D eigenvalue weighted by atomic mass is 16.1. The largest absolute Gasteiger partial charge is 0.399 e. The van der Waals surface area contributed by atoms with Gasteiger partial charge in [0.25, 0.3) is 5.91 Å². The SMILES string of the molecule is CC(CNC(=O)c1ccn(-c2cccc(N)c2)n1)C1CC1. The normalized spacial score (nSPS) is 15.7. The van der Waals surface area contributed by atoms with Crippen LogP contribution in [0.5, 0.6) is 0 Å². The zero-order valence-corrected chi connectivity index (χ0v) is 12.1. The minimum absolute atomic E-state index is 0.120. The highest BCUT2D eigenvalue weighted by molar-refractivity contribution is 5.92. The zero-order valence-electron chi connectivity index (χ0n) is 12.1. The summed E-state index contributed by atoms with van der Waals surface area (Å²) in [5.41, 5.74) is 7.71. The molecule has 5 nitrogen and oxygen atoms in total. The molecule has 0 saturated heterocycles. The van der Waals surface area contributed by atoms with Gasteiger partial charge in [0.05, 0.1) is 5.69 Å². The summed E-state index contributed by atoms with van der Waals surface area (Å²) in [7, 11) is 0. The van der Waals surface area contributed by atoms with E-state index in [1.165, 1.54) is 12.8 Å². The maximum Gasteiger partial charge on any atom is 0.271 e. The Bertz CT molecular complexity index is 645. The maximum atomic E-state index is 12.1. The van der Waals surface area contributed by atoms with Crippen LogP contribution in [0.25, 0.3) is 5.69 Å². The van der Waals surface area contributed by atoms with Gasteiger partial charge < -0.3 is 11.1 Å². The Kier molecular flexibility index (Phi) is 3.64. The van der Waals surface area contributed by atoms with Gasteiger partial charge in [-0.1, -0.05) is 13.0 Å². The average Bonchev–Trinajstić information content (AvgIpc) is 3.21. The van der Waals surface area contributed by atoms with Gasteiger partial charge >= 0.3 is 0 Å². The van der Waals surface area contributed by atoms with Crippen molar-refractivity contribution in [2.75, 3.05) is 12.3 Å². The number of nitrogens with two attached hydrogens (primary N) is 1. The molecule has 1 aromatic carbocycles. The van der Waals surface area contributed by atoms with Gasteiger partial charge in [-0.2, -0.15) is 5.10 Å². The molecule has 0 bridgehead atoms. The summed E-state index contributed by atoms with van der Waals surface area (Å²) in [6.45, 7) is 2.90. The smallest absolute Gasteiger partial charge is 0.271 e. The van der Waals surface area contributed by atoms with Crippen LogP contribution in [0.1, 0.15) is 30.3 Å². The van der Waals surface area contributed by atoms with E-state index in [1.807, 2.05) is 24.3 Å². The molecule has 1 fully saturated rings. The molecule has 0 aliphatic heterocycles. The molecule has 1 aliphatic rings. The highest BCUT2D eigenvalue weighted by Crippen LogP contribution is 2.36. The summed E-state index contributed by atoms with van der Waals surface area (Å²) in [6, 6.07) is 9.13. The van der Waals surface area contributed by atoms with Crippen molar-refractivity contribution < 1.29 is 4.79 Å². The molecule has 1 aromatic heterocycles. The molecule has 1 unspecified atom stereocenters. The molecular weight excluding hydrogens is 264 g/mol. The Morgan fingerprint density at radius 1 is 1.48 bits per heavy atom. The lowest BCUT2D eigenvalue weighted by molar-refractivity contribution is 0.0941. The number of nitrogens with one attached hydrogen (secondary N) is 1. The third-order valence-corrected chi connectivity index (χ3v) is 3.97. The summed E-state index contributed by atoms with van der Waals surface area (Å²) in [5, 5.41) is 7.27. The van der Waals surface area contributed by atoms with Crippen LogP contribution in [-0.4, -0.2) is 22.2 Å². The number of benzene rings is 1. The predicted octanol–water partition coefficient (Wildman–Crippen LogP) is 2.23. The van der Waals surface area contributed by atoms with E-state index < -0.39 is 0 Å². The number of aromatic nitrogens is 2. The number of hydrogen-bond donors (Lipinski definition) is 2.